The predicted octanol–water partition coefficient (Wildman–Crippen LogP) is 5.63. The minimum Gasteiger partial charge on any atom is -0.465 e. The SMILES string of the molecule is CCOC(=O)Cn1c(C)c(Cc2ccccc2S(=O)(=O)N2CCCC2)c2c1CC(C)(C)C/C2=N\OCc1ccccc1. The summed E-state index contributed by atoms with van der Waals surface area (Å²) in [5, 5.41) is 4.68. The van der Waals surface area contributed by atoms with E-state index in [1.807, 2.05) is 54.0 Å². The van der Waals surface area contributed by atoms with Gasteiger partial charge in [0.15, 0.2) is 0 Å². The molecular weight excluding hydrogens is 550 g/mol. The summed E-state index contributed by atoms with van der Waals surface area (Å²) < 4.78 is 36.3. The molecule has 2 aliphatic rings. The van der Waals surface area contributed by atoms with E-state index >= 15 is 0 Å². The molecule has 1 fully saturated rings. The Morgan fingerprint density at radius 3 is 2.40 bits per heavy atom. The maximum absolute atomic E-state index is 13.7. The number of benzene rings is 2. The van der Waals surface area contributed by atoms with Gasteiger partial charge in [-0.25, -0.2) is 8.42 Å². The fraction of sp³-hybridized carbons (Fsp3) is 0.455. The van der Waals surface area contributed by atoms with Gasteiger partial charge in [0.05, 0.1) is 17.2 Å². The summed E-state index contributed by atoms with van der Waals surface area (Å²) in [5.41, 5.74) is 6.30. The third-order valence-electron chi connectivity index (χ3n) is 8.20. The van der Waals surface area contributed by atoms with Crippen molar-refractivity contribution in [3.05, 3.63) is 88.2 Å². The third kappa shape index (κ3) is 6.32. The molecule has 2 heterocycles. The van der Waals surface area contributed by atoms with E-state index in [2.05, 4.69) is 19.0 Å². The summed E-state index contributed by atoms with van der Waals surface area (Å²) in [6.07, 6.45) is 3.59. The van der Waals surface area contributed by atoms with Crippen LogP contribution in [0.3, 0.4) is 0 Å². The number of nitrogens with zero attached hydrogens (tertiary/aromatic N) is 3. The van der Waals surface area contributed by atoms with Crippen LogP contribution >= 0.6 is 0 Å². The topological polar surface area (TPSA) is 90.2 Å². The number of hydrogen-bond acceptors (Lipinski definition) is 6. The van der Waals surface area contributed by atoms with E-state index in [-0.39, 0.29) is 17.9 Å². The van der Waals surface area contributed by atoms with Crippen molar-refractivity contribution in [3.63, 3.8) is 0 Å². The van der Waals surface area contributed by atoms with Crippen LogP contribution in [-0.2, 0) is 50.4 Å². The summed E-state index contributed by atoms with van der Waals surface area (Å²) in [5.74, 6) is -0.302. The Hall–Kier alpha value is -3.43. The second-order valence-corrected chi connectivity index (χ2v) is 13.9. The first-order chi connectivity index (χ1) is 20.1. The van der Waals surface area contributed by atoms with Gasteiger partial charge in [0.2, 0.25) is 10.0 Å². The minimum absolute atomic E-state index is 0.0873. The molecule has 0 unspecified atom stereocenters. The summed E-state index contributed by atoms with van der Waals surface area (Å²) in [4.78, 5) is 19.0. The van der Waals surface area contributed by atoms with Crippen LogP contribution in [0.2, 0.25) is 0 Å². The molecule has 5 rings (SSSR count). The Morgan fingerprint density at radius 1 is 1.00 bits per heavy atom. The van der Waals surface area contributed by atoms with Gasteiger partial charge in [0.1, 0.15) is 13.2 Å². The van der Waals surface area contributed by atoms with Gasteiger partial charge in [0, 0.05) is 36.5 Å². The Morgan fingerprint density at radius 2 is 1.69 bits per heavy atom. The standard InChI is InChI=1S/C33H41N3O5S/c1-5-40-31(37)22-36-24(2)27(19-26-15-9-10-16-30(26)42(38,39)35-17-11-12-18-35)32-28(20-33(3,4)21-29(32)36)34-41-23-25-13-7-6-8-14-25/h6-10,13-16H,5,11-12,17-23H2,1-4H3/b34-28+. The summed E-state index contributed by atoms with van der Waals surface area (Å²) in [7, 11) is -3.62. The molecule has 2 aromatic carbocycles. The minimum atomic E-state index is -3.62. The first kappa shape index (κ1) is 30.0. The van der Waals surface area contributed by atoms with Crippen LogP contribution in [0.1, 0.15) is 73.7 Å². The van der Waals surface area contributed by atoms with Crippen LogP contribution in [0.5, 0.6) is 0 Å². The van der Waals surface area contributed by atoms with Crippen molar-refractivity contribution in [2.24, 2.45) is 10.6 Å². The maximum atomic E-state index is 13.7. The Balaban J connectivity index is 1.60. The largest absolute Gasteiger partial charge is 0.465 e. The molecule has 0 bridgehead atoms. The van der Waals surface area contributed by atoms with Crippen molar-refractivity contribution in [2.75, 3.05) is 19.7 Å². The highest BCUT2D eigenvalue weighted by molar-refractivity contribution is 7.89. The maximum Gasteiger partial charge on any atom is 0.325 e. The summed E-state index contributed by atoms with van der Waals surface area (Å²) in [6, 6.07) is 17.2. The Bertz CT molecular complexity index is 1570. The number of esters is 1. The zero-order valence-electron chi connectivity index (χ0n) is 25.1. The van der Waals surface area contributed by atoms with E-state index in [4.69, 9.17) is 9.57 Å². The molecule has 0 saturated carbocycles. The van der Waals surface area contributed by atoms with Gasteiger partial charge < -0.3 is 14.1 Å². The Kier molecular flexibility index (Phi) is 8.89. The van der Waals surface area contributed by atoms with Crippen LogP contribution in [0.4, 0.5) is 0 Å². The molecule has 0 spiro atoms. The number of sulfonamides is 1. The van der Waals surface area contributed by atoms with Crippen LogP contribution in [0.25, 0.3) is 0 Å². The molecular formula is C33H41N3O5S. The fourth-order valence-corrected chi connectivity index (χ4v) is 7.94. The molecule has 224 valence electrons. The highest BCUT2D eigenvalue weighted by Crippen LogP contribution is 2.40. The van der Waals surface area contributed by atoms with Gasteiger partial charge in [-0.15, -0.1) is 0 Å². The molecule has 0 radical (unpaired) electrons. The molecule has 0 atom stereocenters. The summed E-state index contributed by atoms with van der Waals surface area (Å²) >= 11 is 0. The average molecular weight is 592 g/mol. The van der Waals surface area contributed by atoms with Crippen molar-refractivity contribution in [1.82, 2.24) is 8.87 Å². The van der Waals surface area contributed by atoms with Crippen LogP contribution in [-0.4, -0.2) is 48.7 Å². The van der Waals surface area contributed by atoms with Crippen molar-refractivity contribution in [1.29, 1.82) is 0 Å². The van der Waals surface area contributed by atoms with Crippen molar-refractivity contribution < 1.29 is 22.8 Å². The number of hydrogen-bond donors (Lipinski definition) is 0. The van der Waals surface area contributed by atoms with Crippen molar-refractivity contribution in [3.8, 4) is 0 Å². The zero-order valence-corrected chi connectivity index (χ0v) is 25.9. The molecule has 0 N–H and O–H groups in total. The van der Waals surface area contributed by atoms with Crippen LogP contribution in [0.15, 0.2) is 64.6 Å². The van der Waals surface area contributed by atoms with Gasteiger partial charge in [0.25, 0.3) is 0 Å². The number of fused-ring (bicyclic) bond motifs is 1. The normalized spacial score (nSPS) is 17.8. The third-order valence-corrected chi connectivity index (χ3v) is 10.2. The smallest absolute Gasteiger partial charge is 0.325 e. The number of oxime groups is 1. The monoisotopic (exact) mass is 591 g/mol. The van der Waals surface area contributed by atoms with Gasteiger partial charge >= 0.3 is 5.97 Å². The number of aromatic nitrogens is 1. The van der Waals surface area contributed by atoms with Crippen LogP contribution in [0, 0.1) is 12.3 Å². The second-order valence-electron chi connectivity index (χ2n) is 12.0. The first-order valence-corrected chi connectivity index (χ1v) is 16.2. The molecule has 1 aliphatic heterocycles. The lowest BCUT2D eigenvalue weighted by Crippen LogP contribution is -2.30. The van der Waals surface area contributed by atoms with Crippen molar-refractivity contribution >= 4 is 21.7 Å². The molecule has 1 aromatic heterocycles. The van der Waals surface area contributed by atoms with E-state index < -0.39 is 10.0 Å². The first-order valence-electron chi connectivity index (χ1n) is 14.8. The second kappa shape index (κ2) is 12.4. The van der Waals surface area contributed by atoms with Gasteiger partial charge in [-0.3, -0.25) is 4.79 Å². The quantitative estimate of drug-likeness (QED) is 0.225. The molecule has 0 amide bonds. The van der Waals surface area contributed by atoms with Crippen LogP contribution < -0.4 is 0 Å². The molecule has 3 aromatic rings. The fourth-order valence-electron chi connectivity index (χ4n) is 6.20. The number of carbonyl (C=O) groups is 1. The van der Waals surface area contributed by atoms with E-state index in [0.29, 0.717) is 44.0 Å². The molecule has 8 nitrogen and oxygen atoms in total. The molecule has 1 aliphatic carbocycles. The van der Waals surface area contributed by atoms with E-state index in [1.54, 1.807) is 23.4 Å². The van der Waals surface area contributed by atoms with Gasteiger partial charge in [-0.1, -0.05) is 67.5 Å². The predicted molar refractivity (Wildman–Crippen MR) is 163 cm³/mol. The zero-order chi connectivity index (χ0) is 29.9. The number of carbonyl (C=O) groups excluding carboxylic acids is 1. The number of ether oxygens (including phenoxy) is 1. The van der Waals surface area contributed by atoms with Gasteiger partial charge in [-0.05, 0) is 67.7 Å². The Labute approximate surface area is 249 Å². The lowest BCUT2D eigenvalue weighted by Gasteiger charge is -2.32. The highest BCUT2D eigenvalue weighted by Gasteiger charge is 2.37. The van der Waals surface area contributed by atoms with E-state index in [0.717, 1.165) is 58.6 Å². The highest BCUT2D eigenvalue weighted by atomic mass is 32.2. The lowest BCUT2D eigenvalue weighted by atomic mass is 9.74. The van der Waals surface area contributed by atoms with Crippen molar-refractivity contribution in [2.45, 2.75) is 77.8 Å². The lowest BCUT2D eigenvalue weighted by molar-refractivity contribution is -0.143. The van der Waals surface area contributed by atoms with E-state index in [9.17, 15) is 13.2 Å². The van der Waals surface area contributed by atoms with E-state index in [1.165, 1.54) is 0 Å². The summed E-state index contributed by atoms with van der Waals surface area (Å²) in [6.45, 7) is 10.0. The average Bonchev–Trinajstić information content (AvgIpc) is 3.58. The number of rotatable bonds is 10. The van der Waals surface area contributed by atoms with Gasteiger partial charge in [-0.2, -0.15) is 4.31 Å². The molecule has 42 heavy (non-hydrogen) atoms. The molecule has 9 heteroatoms. The molecule has 1 saturated heterocycles.